The van der Waals surface area contributed by atoms with Gasteiger partial charge in [-0.05, 0) is 37.3 Å². The number of ether oxygens (including phenoxy) is 1. The molecule has 9 nitrogen and oxygen atoms in total. The van der Waals surface area contributed by atoms with Crippen LogP contribution in [0.25, 0.3) is 0 Å². The van der Waals surface area contributed by atoms with E-state index in [-0.39, 0.29) is 17.6 Å². The molecular formula is C19H20FN7O2S. The van der Waals surface area contributed by atoms with Crippen molar-refractivity contribution >= 4 is 35.5 Å². The second kappa shape index (κ2) is 10.3. The number of benzene rings is 2. The summed E-state index contributed by atoms with van der Waals surface area (Å²) in [7, 11) is 0. The molecule has 1 amide bonds. The molecule has 0 saturated heterocycles. The number of carbonyl (C=O) groups excluding carboxylic acids is 1. The van der Waals surface area contributed by atoms with Crippen LogP contribution in [-0.2, 0) is 4.79 Å². The van der Waals surface area contributed by atoms with Gasteiger partial charge < -0.3 is 15.9 Å². The lowest BCUT2D eigenvalue weighted by Gasteiger charge is -2.07. The van der Waals surface area contributed by atoms with E-state index in [0.29, 0.717) is 23.0 Å². The molecule has 1 aromatic heterocycles. The zero-order valence-electron chi connectivity index (χ0n) is 16.1. The minimum absolute atomic E-state index is 0.0844. The van der Waals surface area contributed by atoms with Crippen LogP contribution in [0.5, 0.6) is 5.75 Å². The zero-order chi connectivity index (χ0) is 21.3. The highest BCUT2D eigenvalue weighted by molar-refractivity contribution is 7.99. The van der Waals surface area contributed by atoms with Gasteiger partial charge in [-0.25, -0.2) is 14.5 Å². The highest BCUT2D eigenvalue weighted by Crippen LogP contribution is 2.19. The smallest absolute Gasteiger partial charge is 0.264 e. The summed E-state index contributed by atoms with van der Waals surface area (Å²) < 4.78 is 20.1. The summed E-state index contributed by atoms with van der Waals surface area (Å²) in [5.41, 5.74) is 3.56. The fraction of sp³-hybridized carbons (Fsp3) is 0.158. The Labute approximate surface area is 176 Å². The second-order valence-corrected chi connectivity index (χ2v) is 6.80. The monoisotopic (exact) mass is 429 g/mol. The molecule has 0 spiro atoms. The predicted molar refractivity (Wildman–Crippen MR) is 115 cm³/mol. The summed E-state index contributed by atoms with van der Waals surface area (Å²) in [6, 6.07) is 13.3. The van der Waals surface area contributed by atoms with Gasteiger partial charge in [0, 0.05) is 11.3 Å². The summed E-state index contributed by atoms with van der Waals surface area (Å²) in [4.78, 5) is 12.1. The number of nitrogen functional groups attached to an aromatic ring is 1. The van der Waals surface area contributed by atoms with Crippen molar-refractivity contribution in [1.82, 2.24) is 14.9 Å². The Hall–Kier alpha value is -3.60. The maximum Gasteiger partial charge on any atom is 0.264 e. The van der Waals surface area contributed by atoms with Gasteiger partial charge in [-0.15, -0.1) is 10.2 Å². The molecule has 0 unspecified atom stereocenters. The van der Waals surface area contributed by atoms with Crippen LogP contribution in [-0.4, -0.2) is 39.4 Å². The number of rotatable bonds is 9. The number of nitrogens with zero attached hydrogens (tertiary/aromatic N) is 4. The molecule has 0 saturated carbocycles. The van der Waals surface area contributed by atoms with Crippen molar-refractivity contribution in [3.63, 3.8) is 0 Å². The minimum Gasteiger partial charge on any atom is -0.494 e. The first-order valence-corrected chi connectivity index (χ1v) is 9.95. The Bertz CT molecular complexity index is 1020. The molecule has 4 N–H and O–H groups in total. The number of aromatic nitrogens is 3. The largest absolute Gasteiger partial charge is 0.494 e. The van der Waals surface area contributed by atoms with Gasteiger partial charge in [0.25, 0.3) is 5.95 Å². The number of nitrogens with two attached hydrogens (primary N) is 1. The van der Waals surface area contributed by atoms with Crippen molar-refractivity contribution in [2.45, 2.75) is 12.1 Å². The first kappa shape index (κ1) is 21.1. The molecule has 0 aliphatic rings. The van der Waals surface area contributed by atoms with Crippen LogP contribution in [0.15, 0.2) is 58.8 Å². The Morgan fingerprint density at radius 1 is 1.27 bits per heavy atom. The number of thioether (sulfide) groups is 1. The topological polar surface area (TPSA) is 119 Å². The van der Waals surface area contributed by atoms with Crippen molar-refractivity contribution < 1.29 is 13.9 Å². The fourth-order valence-electron chi connectivity index (χ4n) is 2.32. The van der Waals surface area contributed by atoms with E-state index in [9.17, 15) is 9.18 Å². The van der Waals surface area contributed by atoms with Gasteiger partial charge in [-0.3, -0.25) is 4.79 Å². The molecule has 30 heavy (non-hydrogen) atoms. The van der Waals surface area contributed by atoms with Crippen LogP contribution in [0.4, 0.5) is 16.0 Å². The lowest BCUT2D eigenvalue weighted by atomic mass is 10.2. The number of halogens is 1. The molecule has 0 fully saturated rings. The normalized spacial score (nSPS) is 10.9. The highest BCUT2D eigenvalue weighted by Gasteiger charge is 2.12. The SMILES string of the molecule is CCOc1ccc(NC(=O)CSc2nnc(N/N=C/c3ccccc3F)n2N)cc1. The van der Waals surface area contributed by atoms with Crippen molar-refractivity contribution in [2.24, 2.45) is 5.10 Å². The van der Waals surface area contributed by atoms with Crippen LogP contribution >= 0.6 is 11.8 Å². The Kier molecular flexibility index (Phi) is 7.22. The first-order valence-electron chi connectivity index (χ1n) is 8.96. The Balaban J connectivity index is 1.51. The molecule has 3 aromatic rings. The van der Waals surface area contributed by atoms with E-state index in [4.69, 9.17) is 10.6 Å². The number of nitrogens with one attached hydrogen (secondary N) is 2. The number of hydrogen-bond donors (Lipinski definition) is 3. The standard InChI is InChI=1S/C19H20FN7O2S/c1-2-29-15-9-7-14(8-10-15)23-17(28)12-30-19-26-25-18(27(19)21)24-22-11-13-5-3-4-6-16(13)20/h3-11H,2,12,21H2,1H3,(H,23,28)(H,24,25)/b22-11+. The number of hydrazone groups is 1. The van der Waals surface area contributed by atoms with Gasteiger partial charge >= 0.3 is 0 Å². The summed E-state index contributed by atoms with van der Waals surface area (Å²) in [6.07, 6.45) is 1.31. The van der Waals surface area contributed by atoms with E-state index in [0.717, 1.165) is 22.2 Å². The molecule has 11 heteroatoms. The van der Waals surface area contributed by atoms with E-state index >= 15 is 0 Å². The van der Waals surface area contributed by atoms with Crippen LogP contribution in [0.2, 0.25) is 0 Å². The summed E-state index contributed by atoms with van der Waals surface area (Å²) in [5, 5.41) is 14.8. The molecule has 156 valence electrons. The summed E-state index contributed by atoms with van der Waals surface area (Å²) in [5.74, 6) is 6.26. The first-order chi connectivity index (χ1) is 14.6. The third-order valence-electron chi connectivity index (χ3n) is 3.72. The molecule has 0 aliphatic carbocycles. The van der Waals surface area contributed by atoms with E-state index in [1.165, 1.54) is 12.3 Å². The molecule has 0 atom stereocenters. The lowest BCUT2D eigenvalue weighted by Crippen LogP contribution is -2.16. The lowest BCUT2D eigenvalue weighted by molar-refractivity contribution is -0.113. The third-order valence-corrected chi connectivity index (χ3v) is 4.66. The van der Waals surface area contributed by atoms with E-state index < -0.39 is 5.82 Å². The van der Waals surface area contributed by atoms with Gasteiger partial charge in [-0.2, -0.15) is 5.10 Å². The van der Waals surface area contributed by atoms with Crippen LogP contribution in [0.3, 0.4) is 0 Å². The van der Waals surface area contributed by atoms with E-state index in [2.05, 4.69) is 26.0 Å². The zero-order valence-corrected chi connectivity index (χ0v) is 16.9. The van der Waals surface area contributed by atoms with Crippen LogP contribution < -0.4 is 21.3 Å². The van der Waals surface area contributed by atoms with Crippen molar-refractivity contribution in [2.75, 3.05) is 28.9 Å². The van der Waals surface area contributed by atoms with Crippen molar-refractivity contribution in [3.8, 4) is 5.75 Å². The average molecular weight is 429 g/mol. The second-order valence-electron chi connectivity index (χ2n) is 5.86. The Morgan fingerprint density at radius 2 is 2.03 bits per heavy atom. The molecule has 0 bridgehead atoms. The molecule has 0 aliphatic heterocycles. The molecular weight excluding hydrogens is 409 g/mol. The maximum atomic E-state index is 13.6. The number of amides is 1. The van der Waals surface area contributed by atoms with Crippen molar-refractivity contribution in [1.29, 1.82) is 0 Å². The summed E-state index contributed by atoms with van der Waals surface area (Å²) >= 11 is 1.11. The number of carbonyl (C=O) groups is 1. The molecule has 0 radical (unpaired) electrons. The van der Waals surface area contributed by atoms with E-state index in [1.54, 1.807) is 42.5 Å². The van der Waals surface area contributed by atoms with E-state index in [1.807, 2.05) is 6.92 Å². The highest BCUT2D eigenvalue weighted by atomic mass is 32.2. The molecule has 1 heterocycles. The molecule has 2 aromatic carbocycles. The quantitative estimate of drug-likeness (QED) is 0.207. The Morgan fingerprint density at radius 3 is 2.77 bits per heavy atom. The average Bonchev–Trinajstić information content (AvgIpc) is 3.09. The fourth-order valence-corrected chi connectivity index (χ4v) is 2.98. The number of anilines is 2. The van der Waals surface area contributed by atoms with Gasteiger partial charge in [0.1, 0.15) is 11.6 Å². The van der Waals surface area contributed by atoms with Crippen molar-refractivity contribution in [3.05, 3.63) is 59.9 Å². The maximum absolute atomic E-state index is 13.6. The summed E-state index contributed by atoms with van der Waals surface area (Å²) in [6.45, 7) is 2.48. The van der Waals surface area contributed by atoms with Crippen LogP contribution in [0.1, 0.15) is 12.5 Å². The molecule has 3 rings (SSSR count). The van der Waals surface area contributed by atoms with Gasteiger partial charge in [0.2, 0.25) is 11.1 Å². The van der Waals surface area contributed by atoms with Gasteiger partial charge in [0.15, 0.2) is 0 Å². The third kappa shape index (κ3) is 5.70. The minimum atomic E-state index is -0.396. The van der Waals surface area contributed by atoms with Crippen LogP contribution in [0, 0.1) is 5.82 Å². The predicted octanol–water partition coefficient (Wildman–Crippen LogP) is 2.71. The van der Waals surface area contributed by atoms with Gasteiger partial charge in [0.05, 0.1) is 18.6 Å². The number of hydrogen-bond acceptors (Lipinski definition) is 8. The van der Waals surface area contributed by atoms with Gasteiger partial charge in [-0.1, -0.05) is 30.0 Å².